The van der Waals surface area contributed by atoms with Crippen LogP contribution in [-0.2, 0) is 19.0 Å². The van der Waals surface area contributed by atoms with Gasteiger partial charge in [0.15, 0.2) is 0 Å². The lowest BCUT2D eigenvalue weighted by molar-refractivity contribution is -0.149. The van der Waals surface area contributed by atoms with Crippen molar-refractivity contribution in [2.24, 2.45) is 5.73 Å². The SMILES string of the molecule is COCCCOCCOC(=O)[C@@H](N)[C@@H](C)O. The van der Waals surface area contributed by atoms with Crippen LogP contribution in [0.5, 0.6) is 0 Å². The van der Waals surface area contributed by atoms with Crippen molar-refractivity contribution in [3.05, 3.63) is 0 Å². The molecule has 0 saturated heterocycles. The highest BCUT2D eigenvalue weighted by Crippen LogP contribution is 1.93. The maximum Gasteiger partial charge on any atom is 0.325 e. The Morgan fingerprint density at radius 3 is 2.56 bits per heavy atom. The van der Waals surface area contributed by atoms with Gasteiger partial charge in [0.2, 0.25) is 0 Å². The minimum atomic E-state index is -0.992. The first kappa shape index (κ1) is 15.3. The van der Waals surface area contributed by atoms with E-state index < -0.39 is 18.1 Å². The quantitative estimate of drug-likeness (QED) is 0.405. The van der Waals surface area contributed by atoms with Crippen LogP contribution in [0.3, 0.4) is 0 Å². The molecule has 3 N–H and O–H groups in total. The average Bonchev–Trinajstić information content (AvgIpc) is 2.26. The fraction of sp³-hybridized carbons (Fsp3) is 0.900. The standard InChI is InChI=1S/C10H21NO5/c1-8(12)9(11)10(13)16-7-6-15-5-3-4-14-2/h8-9,12H,3-7,11H2,1-2H3/t8-,9+/m1/s1. The second kappa shape index (κ2) is 9.53. The van der Waals surface area contributed by atoms with E-state index >= 15 is 0 Å². The van der Waals surface area contributed by atoms with Crippen molar-refractivity contribution in [1.82, 2.24) is 0 Å². The third-order valence-electron chi connectivity index (χ3n) is 1.90. The monoisotopic (exact) mass is 235 g/mol. The summed E-state index contributed by atoms with van der Waals surface area (Å²) in [4.78, 5) is 11.1. The van der Waals surface area contributed by atoms with Crippen molar-refractivity contribution >= 4 is 5.97 Å². The zero-order valence-corrected chi connectivity index (χ0v) is 9.85. The number of esters is 1. The normalized spacial score (nSPS) is 14.5. The molecule has 0 amide bonds. The van der Waals surface area contributed by atoms with E-state index in [1.54, 1.807) is 7.11 Å². The summed E-state index contributed by atoms with van der Waals surface area (Å²) in [5.41, 5.74) is 5.36. The molecule has 0 rings (SSSR count). The Labute approximate surface area is 95.7 Å². The molecular weight excluding hydrogens is 214 g/mol. The molecule has 0 heterocycles. The Morgan fingerprint density at radius 2 is 2.00 bits per heavy atom. The Kier molecular flexibility index (Phi) is 9.12. The first-order chi connectivity index (χ1) is 7.59. The molecule has 0 aliphatic carbocycles. The number of hydrogen-bond donors (Lipinski definition) is 2. The summed E-state index contributed by atoms with van der Waals surface area (Å²) >= 11 is 0. The van der Waals surface area contributed by atoms with Crippen LogP contribution in [0.4, 0.5) is 0 Å². The number of methoxy groups -OCH3 is 1. The molecule has 0 spiro atoms. The second-order valence-electron chi connectivity index (χ2n) is 3.39. The van der Waals surface area contributed by atoms with Crippen molar-refractivity contribution in [1.29, 1.82) is 0 Å². The van der Waals surface area contributed by atoms with E-state index in [-0.39, 0.29) is 6.61 Å². The van der Waals surface area contributed by atoms with Gasteiger partial charge in [-0.15, -0.1) is 0 Å². The minimum absolute atomic E-state index is 0.145. The van der Waals surface area contributed by atoms with Gasteiger partial charge in [0, 0.05) is 20.3 Å². The number of aliphatic hydroxyl groups excluding tert-OH is 1. The van der Waals surface area contributed by atoms with Crippen molar-refractivity contribution in [3.8, 4) is 0 Å². The van der Waals surface area contributed by atoms with Crippen molar-refractivity contribution in [3.63, 3.8) is 0 Å². The van der Waals surface area contributed by atoms with Gasteiger partial charge in [0.1, 0.15) is 12.6 Å². The van der Waals surface area contributed by atoms with E-state index in [2.05, 4.69) is 0 Å². The molecule has 0 aromatic heterocycles. The largest absolute Gasteiger partial charge is 0.462 e. The first-order valence-electron chi connectivity index (χ1n) is 5.26. The van der Waals surface area contributed by atoms with Crippen LogP contribution in [0.15, 0.2) is 0 Å². The molecule has 2 atom stereocenters. The fourth-order valence-electron chi connectivity index (χ4n) is 0.902. The van der Waals surface area contributed by atoms with Crippen molar-refractivity contribution < 1.29 is 24.1 Å². The molecule has 0 aliphatic heterocycles. The van der Waals surface area contributed by atoms with E-state index in [1.807, 2.05) is 0 Å². The molecule has 0 aromatic rings. The molecule has 0 bridgehead atoms. The summed E-state index contributed by atoms with van der Waals surface area (Å²) in [5, 5.41) is 9.02. The Balaban J connectivity index is 3.34. The molecule has 6 heteroatoms. The molecule has 0 aromatic carbocycles. The van der Waals surface area contributed by atoms with Crippen molar-refractivity contribution in [2.45, 2.75) is 25.5 Å². The van der Waals surface area contributed by atoms with Gasteiger partial charge in [-0.25, -0.2) is 0 Å². The molecule has 6 nitrogen and oxygen atoms in total. The number of aliphatic hydroxyl groups is 1. The lowest BCUT2D eigenvalue weighted by Crippen LogP contribution is -2.41. The average molecular weight is 235 g/mol. The molecule has 0 fully saturated rings. The van der Waals surface area contributed by atoms with Crippen LogP contribution in [0.2, 0.25) is 0 Å². The van der Waals surface area contributed by atoms with Crippen molar-refractivity contribution in [2.75, 3.05) is 33.5 Å². The zero-order valence-electron chi connectivity index (χ0n) is 9.85. The van der Waals surface area contributed by atoms with Gasteiger partial charge in [0.25, 0.3) is 0 Å². The van der Waals surface area contributed by atoms with Gasteiger partial charge >= 0.3 is 5.97 Å². The lowest BCUT2D eigenvalue weighted by atomic mass is 10.2. The van der Waals surface area contributed by atoms with Gasteiger partial charge < -0.3 is 25.1 Å². The van der Waals surface area contributed by atoms with Crippen LogP contribution in [0, 0.1) is 0 Å². The Bertz CT molecular complexity index is 186. The van der Waals surface area contributed by atoms with Crippen LogP contribution >= 0.6 is 0 Å². The second-order valence-corrected chi connectivity index (χ2v) is 3.39. The van der Waals surface area contributed by atoms with Gasteiger partial charge in [-0.05, 0) is 13.3 Å². The van der Waals surface area contributed by atoms with E-state index in [1.165, 1.54) is 6.92 Å². The van der Waals surface area contributed by atoms with Crippen LogP contribution < -0.4 is 5.73 Å². The molecular formula is C10H21NO5. The fourth-order valence-corrected chi connectivity index (χ4v) is 0.902. The molecule has 0 aliphatic rings. The third-order valence-corrected chi connectivity index (χ3v) is 1.90. The predicted octanol–water partition coefficient (Wildman–Crippen LogP) is -0.709. The number of ether oxygens (including phenoxy) is 3. The number of carbonyl (C=O) groups excluding carboxylic acids is 1. The maximum absolute atomic E-state index is 11.1. The summed E-state index contributed by atoms with van der Waals surface area (Å²) in [5.74, 6) is -0.615. The van der Waals surface area contributed by atoms with E-state index in [0.29, 0.717) is 19.8 Å². The first-order valence-corrected chi connectivity index (χ1v) is 5.26. The van der Waals surface area contributed by atoms with Crippen LogP contribution in [0.1, 0.15) is 13.3 Å². The van der Waals surface area contributed by atoms with Crippen LogP contribution in [-0.4, -0.2) is 56.8 Å². The number of carbonyl (C=O) groups is 1. The third kappa shape index (κ3) is 7.58. The highest BCUT2D eigenvalue weighted by Gasteiger charge is 2.19. The highest BCUT2D eigenvalue weighted by atomic mass is 16.6. The number of rotatable bonds is 9. The van der Waals surface area contributed by atoms with Gasteiger partial charge in [-0.1, -0.05) is 0 Å². The predicted molar refractivity (Wildman–Crippen MR) is 57.9 cm³/mol. The maximum atomic E-state index is 11.1. The molecule has 0 unspecified atom stereocenters. The van der Waals surface area contributed by atoms with E-state index in [0.717, 1.165) is 6.42 Å². The summed E-state index contributed by atoms with van der Waals surface area (Å²) in [6.45, 7) is 3.11. The topological polar surface area (TPSA) is 91.0 Å². The van der Waals surface area contributed by atoms with Crippen LogP contribution in [0.25, 0.3) is 0 Å². The minimum Gasteiger partial charge on any atom is -0.462 e. The lowest BCUT2D eigenvalue weighted by Gasteiger charge is -2.13. The summed E-state index contributed by atoms with van der Waals surface area (Å²) < 4.78 is 14.8. The molecule has 16 heavy (non-hydrogen) atoms. The Hall–Kier alpha value is -0.690. The molecule has 96 valence electrons. The summed E-state index contributed by atoms with van der Waals surface area (Å²) in [7, 11) is 1.62. The zero-order chi connectivity index (χ0) is 12.4. The summed E-state index contributed by atoms with van der Waals surface area (Å²) in [6, 6.07) is -0.992. The number of nitrogens with two attached hydrogens (primary N) is 1. The molecule has 0 saturated carbocycles. The van der Waals surface area contributed by atoms with E-state index in [4.69, 9.17) is 25.1 Å². The van der Waals surface area contributed by atoms with Gasteiger partial charge in [-0.2, -0.15) is 0 Å². The smallest absolute Gasteiger partial charge is 0.325 e. The van der Waals surface area contributed by atoms with Gasteiger partial charge in [-0.3, -0.25) is 4.79 Å². The Morgan fingerprint density at radius 1 is 1.31 bits per heavy atom. The number of hydrogen-bond acceptors (Lipinski definition) is 6. The molecule has 0 radical (unpaired) electrons. The van der Waals surface area contributed by atoms with E-state index in [9.17, 15) is 4.79 Å². The summed E-state index contributed by atoms with van der Waals surface area (Å²) in [6.07, 6.45) is -0.104. The highest BCUT2D eigenvalue weighted by molar-refractivity contribution is 5.76. The van der Waals surface area contributed by atoms with Gasteiger partial charge in [0.05, 0.1) is 12.7 Å².